The number of nitrogens with one attached hydrogen (secondary N) is 3. The SMILES string of the molecule is c1cc(N2CCCCC2)c2cc(-c3n[nH]c4ccc(-c5cncc(CNCC6CCCC6)c5)nc34)[nH]c2c1. The highest BCUT2D eigenvalue weighted by atomic mass is 15.1. The Balaban J connectivity index is 1.18. The van der Waals surface area contributed by atoms with Crippen LogP contribution in [0.3, 0.4) is 0 Å². The van der Waals surface area contributed by atoms with E-state index in [4.69, 9.17) is 4.98 Å². The number of hydrogen-bond donors (Lipinski definition) is 3. The lowest BCUT2D eigenvalue weighted by molar-refractivity contribution is 0.489. The third-order valence-corrected chi connectivity index (χ3v) is 8.33. The zero-order valence-corrected chi connectivity index (χ0v) is 21.8. The van der Waals surface area contributed by atoms with Crippen molar-refractivity contribution in [1.29, 1.82) is 0 Å². The summed E-state index contributed by atoms with van der Waals surface area (Å²) in [4.78, 5) is 15.7. The molecule has 2 aliphatic rings. The first kappa shape index (κ1) is 23.4. The van der Waals surface area contributed by atoms with Crippen LogP contribution in [0.15, 0.2) is 54.9 Å². The molecule has 1 saturated carbocycles. The van der Waals surface area contributed by atoms with Gasteiger partial charge in [0.2, 0.25) is 0 Å². The number of hydrogen-bond acceptors (Lipinski definition) is 5. The fourth-order valence-electron chi connectivity index (χ4n) is 6.28. The minimum Gasteiger partial charge on any atom is -0.371 e. The number of aromatic amines is 2. The van der Waals surface area contributed by atoms with Gasteiger partial charge in [-0.25, -0.2) is 4.98 Å². The number of pyridine rings is 2. The molecule has 0 atom stereocenters. The van der Waals surface area contributed by atoms with Gasteiger partial charge in [-0.15, -0.1) is 0 Å². The van der Waals surface area contributed by atoms with Crippen LogP contribution in [0.1, 0.15) is 50.5 Å². The number of benzene rings is 1. The van der Waals surface area contributed by atoms with E-state index in [-0.39, 0.29) is 0 Å². The molecule has 2 fully saturated rings. The van der Waals surface area contributed by atoms with Crippen molar-refractivity contribution in [3.8, 4) is 22.6 Å². The molecule has 194 valence electrons. The largest absolute Gasteiger partial charge is 0.371 e. The molecule has 1 aromatic carbocycles. The van der Waals surface area contributed by atoms with E-state index in [1.807, 2.05) is 12.4 Å². The monoisotopic (exact) mass is 505 g/mol. The van der Waals surface area contributed by atoms with E-state index >= 15 is 0 Å². The van der Waals surface area contributed by atoms with Crippen molar-refractivity contribution in [1.82, 2.24) is 30.5 Å². The first-order chi connectivity index (χ1) is 18.8. The van der Waals surface area contributed by atoms with Gasteiger partial charge in [-0.05, 0) is 86.5 Å². The van der Waals surface area contributed by atoms with Gasteiger partial charge in [0.25, 0.3) is 0 Å². The number of anilines is 1. The lowest BCUT2D eigenvalue weighted by Crippen LogP contribution is -2.29. The van der Waals surface area contributed by atoms with Gasteiger partial charge in [0.05, 0.1) is 16.9 Å². The molecule has 1 aliphatic heterocycles. The Hall–Kier alpha value is -3.71. The second kappa shape index (κ2) is 10.2. The second-order valence-corrected chi connectivity index (χ2v) is 11.0. The van der Waals surface area contributed by atoms with Crippen LogP contribution >= 0.6 is 0 Å². The minimum absolute atomic E-state index is 0.829. The number of nitrogens with zero attached hydrogens (tertiary/aromatic N) is 4. The van der Waals surface area contributed by atoms with E-state index in [0.717, 1.165) is 71.3 Å². The lowest BCUT2D eigenvalue weighted by atomic mass is 10.1. The van der Waals surface area contributed by atoms with Gasteiger partial charge in [0.15, 0.2) is 0 Å². The Morgan fingerprint density at radius 2 is 1.82 bits per heavy atom. The van der Waals surface area contributed by atoms with Crippen LogP contribution in [0.4, 0.5) is 5.69 Å². The molecule has 1 aliphatic carbocycles. The molecule has 4 aromatic heterocycles. The van der Waals surface area contributed by atoms with Crippen molar-refractivity contribution in [2.24, 2.45) is 5.92 Å². The molecule has 0 amide bonds. The van der Waals surface area contributed by atoms with Gasteiger partial charge in [-0.1, -0.05) is 18.9 Å². The molecule has 1 saturated heterocycles. The molecular weight excluding hydrogens is 470 g/mol. The highest BCUT2D eigenvalue weighted by Gasteiger charge is 2.18. The van der Waals surface area contributed by atoms with Crippen molar-refractivity contribution in [2.45, 2.75) is 51.5 Å². The summed E-state index contributed by atoms with van der Waals surface area (Å²) in [7, 11) is 0. The fourth-order valence-corrected chi connectivity index (χ4v) is 6.28. The predicted octanol–water partition coefficient (Wildman–Crippen LogP) is 6.44. The van der Waals surface area contributed by atoms with E-state index in [0.29, 0.717) is 0 Å². The van der Waals surface area contributed by atoms with Gasteiger partial charge in [0.1, 0.15) is 11.2 Å². The number of H-pyrrole nitrogens is 2. The maximum Gasteiger partial charge on any atom is 0.135 e. The summed E-state index contributed by atoms with van der Waals surface area (Å²) in [6.07, 6.45) is 13.2. The Labute approximate surface area is 223 Å². The molecule has 5 aromatic rings. The summed E-state index contributed by atoms with van der Waals surface area (Å²) in [6, 6.07) is 15.1. The summed E-state index contributed by atoms with van der Waals surface area (Å²) in [5, 5.41) is 12.7. The topological polar surface area (TPSA) is 85.5 Å². The van der Waals surface area contributed by atoms with Crippen LogP contribution in [0.5, 0.6) is 0 Å². The molecule has 7 nitrogen and oxygen atoms in total. The molecular formula is C31H35N7. The minimum atomic E-state index is 0.829. The highest BCUT2D eigenvalue weighted by molar-refractivity contribution is 5.99. The number of rotatable bonds is 7. The van der Waals surface area contributed by atoms with E-state index in [9.17, 15) is 0 Å². The molecule has 5 heterocycles. The molecule has 0 radical (unpaired) electrons. The van der Waals surface area contributed by atoms with E-state index in [2.05, 4.69) is 72.8 Å². The number of piperidine rings is 1. The quantitative estimate of drug-likeness (QED) is 0.237. The van der Waals surface area contributed by atoms with Gasteiger partial charge in [0, 0.05) is 54.2 Å². The summed E-state index contributed by atoms with van der Waals surface area (Å²) >= 11 is 0. The van der Waals surface area contributed by atoms with Crippen molar-refractivity contribution in [2.75, 3.05) is 24.5 Å². The maximum atomic E-state index is 5.06. The van der Waals surface area contributed by atoms with Gasteiger partial charge < -0.3 is 15.2 Å². The van der Waals surface area contributed by atoms with Crippen molar-refractivity contribution in [3.05, 3.63) is 60.4 Å². The summed E-state index contributed by atoms with van der Waals surface area (Å²) in [5.74, 6) is 0.829. The van der Waals surface area contributed by atoms with E-state index in [1.165, 1.54) is 61.6 Å². The highest BCUT2D eigenvalue weighted by Crippen LogP contribution is 2.34. The van der Waals surface area contributed by atoms with Crippen molar-refractivity contribution in [3.63, 3.8) is 0 Å². The smallest absolute Gasteiger partial charge is 0.135 e. The van der Waals surface area contributed by atoms with Crippen LogP contribution < -0.4 is 10.2 Å². The Morgan fingerprint density at radius 1 is 0.921 bits per heavy atom. The molecule has 0 bridgehead atoms. The average Bonchev–Trinajstić information content (AvgIpc) is 3.73. The van der Waals surface area contributed by atoms with Crippen LogP contribution in [0.25, 0.3) is 44.6 Å². The lowest BCUT2D eigenvalue weighted by Gasteiger charge is -2.29. The Kier molecular flexibility index (Phi) is 6.29. The first-order valence-corrected chi connectivity index (χ1v) is 14.2. The standard InChI is InChI=1S/C31H35N7/c1-4-13-38(14-5-1)29-10-6-9-26-24(29)16-28(34-26)31-30-27(36-37-31)12-11-25(35-30)23-15-22(19-33-20-23)18-32-17-21-7-2-3-8-21/h6,9-12,15-16,19-21,32,34H,1-5,7-8,13-14,17-18H2,(H,36,37). The van der Waals surface area contributed by atoms with Crippen LogP contribution in [0, 0.1) is 5.92 Å². The molecule has 7 heteroatoms. The van der Waals surface area contributed by atoms with Crippen LogP contribution in [0.2, 0.25) is 0 Å². The number of aromatic nitrogens is 5. The third-order valence-electron chi connectivity index (χ3n) is 8.33. The zero-order chi connectivity index (χ0) is 25.3. The maximum absolute atomic E-state index is 5.06. The molecule has 0 spiro atoms. The van der Waals surface area contributed by atoms with E-state index in [1.54, 1.807) is 0 Å². The molecule has 38 heavy (non-hydrogen) atoms. The Bertz CT molecular complexity index is 1550. The van der Waals surface area contributed by atoms with Crippen molar-refractivity contribution >= 4 is 27.6 Å². The third kappa shape index (κ3) is 4.56. The zero-order valence-electron chi connectivity index (χ0n) is 21.8. The van der Waals surface area contributed by atoms with Crippen LogP contribution in [-0.2, 0) is 6.54 Å². The van der Waals surface area contributed by atoms with Crippen LogP contribution in [-0.4, -0.2) is 44.8 Å². The van der Waals surface area contributed by atoms with Gasteiger partial charge >= 0.3 is 0 Å². The number of fused-ring (bicyclic) bond motifs is 2. The molecule has 7 rings (SSSR count). The van der Waals surface area contributed by atoms with E-state index < -0.39 is 0 Å². The molecule has 3 N–H and O–H groups in total. The summed E-state index contributed by atoms with van der Waals surface area (Å²) in [6.45, 7) is 4.18. The second-order valence-electron chi connectivity index (χ2n) is 11.0. The Morgan fingerprint density at radius 3 is 2.71 bits per heavy atom. The normalized spacial score (nSPS) is 16.7. The summed E-state index contributed by atoms with van der Waals surface area (Å²) in [5.41, 5.74) is 9.22. The molecule has 0 unspecified atom stereocenters. The fraction of sp³-hybridized carbons (Fsp3) is 0.387. The van der Waals surface area contributed by atoms with Crippen molar-refractivity contribution < 1.29 is 0 Å². The average molecular weight is 506 g/mol. The van der Waals surface area contributed by atoms with Gasteiger partial charge in [-0.3, -0.25) is 10.1 Å². The predicted molar refractivity (Wildman–Crippen MR) is 154 cm³/mol. The summed E-state index contributed by atoms with van der Waals surface area (Å²) < 4.78 is 0. The first-order valence-electron chi connectivity index (χ1n) is 14.2. The van der Waals surface area contributed by atoms with Gasteiger partial charge in [-0.2, -0.15) is 5.10 Å².